The number of aromatic nitrogens is 3. The van der Waals surface area contributed by atoms with Crippen molar-refractivity contribution in [2.24, 2.45) is 0 Å². The molecule has 286 valence electrons. The number of benzene rings is 2. The molecule has 0 aliphatic carbocycles. The number of hydrogen-bond donors (Lipinski definition) is 5. The van der Waals surface area contributed by atoms with Crippen LogP contribution in [0.4, 0.5) is 20.1 Å². The van der Waals surface area contributed by atoms with Crippen LogP contribution in [0.25, 0.3) is 11.3 Å². The number of urea groups is 3. The number of thioether (sulfide) groups is 1. The highest BCUT2D eigenvalue weighted by molar-refractivity contribution is 8.00. The third-order valence-corrected chi connectivity index (χ3v) is 11.9. The molecule has 4 aliphatic heterocycles. The molecule has 4 saturated heterocycles. The van der Waals surface area contributed by atoms with Crippen molar-refractivity contribution < 1.29 is 28.7 Å². The van der Waals surface area contributed by atoms with Crippen molar-refractivity contribution in [3.05, 3.63) is 66.4 Å². The SMILES string of the molecule is O=C(CCCC[C@@H]1SC[C@@H]2NC(=O)N[C@@H]21)NCCOCCn1cc(-c2ccc(NC(=O)N3CCC4(CC3)NC(=O)N(Cc3ccccc3)C4=O)cc2)nn1. The molecule has 4 aliphatic rings. The van der Waals surface area contributed by atoms with E-state index in [4.69, 9.17) is 4.74 Å². The maximum Gasteiger partial charge on any atom is 0.325 e. The van der Waals surface area contributed by atoms with E-state index in [2.05, 4.69) is 36.9 Å². The lowest BCUT2D eigenvalue weighted by Crippen LogP contribution is -2.56. The molecule has 0 bridgehead atoms. The molecule has 7 rings (SSSR count). The average molecular weight is 759 g/mol. The Morgan fingerprint density at radius 1 is 0.981 bits per heavy atom. The summed E-state index contributed by atoms with van der Waals surface area (Å²) in [4.78, 5) is 65.7. The molecular formula is C37H46N10O6S. The van der Waals surface area contributed by atoms with E-state index in [1.54, 1.807) is 21.7 Å². The monoisotopic (exact) mass is 758 g/mol. The molecule has 16 nitrogen and oxygen atoms in total. The summed E-state index contributed by atoms with van der Waals surface area (Å²) in [6, 6.07) is 16.4. The minimum absolute atomic E-state index is 0.0158. The highest BCUT2D eigenvalue weighted by Crippen LogP contribution is 2.33. The number of ether oxygens (including phenoxy) is 1. The van der Waals surface area contributed by atoms with Crippen molar-refractivity contribution in [1.82, 2.24) is 46.1 Å². The minimum atomic E-state index is -0.984. The molecule has 0 radical (unpaired) electrons. The summed E-state index contributed by atoms with van der Waals surface area (Å²) < 4.78 is 7.38. The van der Waals surface area contributed by atoms with Crippen LogP contribution in [0.1, 0.15) is 44.1 Å². The third-order valence-electron chi connectivity index (χ3n) is 10.4. The zero-order valence-corrected chi connectivity index (χ0v) is 30.8. The van der Waals surface area contributed by atoms with Crippen molar-refractivity contribution in [2.45, 2.75) is 74.5 Å². The summed E-state index contributed by atoms with van der Waals surface area (Å²) in [5.41, 5.74) is 2.04. The number of likely N-dealkylation sites (tertiary alicyclic amines) is 1. The summed E-state index contributed by atoms with van der Waals surface area (Å²) in [6.45, 7) is 2.64. The van der Waals surface area contributed by atoms with Gasteiger partial charge in [0.2, 0.25) is 5.91 Å². The minimum Gasteiger partial charge on any atom is -0.378 e. The van der Waals surface area contributed by atoms with Gasteiger partial charge in [-0.25, -0.2) is 19.1 Å². The Hall–Kier alpha value is -5.16. The first-order valence-electron chi connectivity index (χ1n) is 18.5. The highest BCUT2D eigenvalue weighted by atomic mass is 32.2. The van der Waals surface area contributed by atoms with E-state index in [9.17, 15) is 24.0 Å². The van der Waals surface area contributed by atoms with Crippen LogP contribution in [-0.2, 0) is 27.4 Å². The number of amides is 8. The summed E-state index contributed by atoms with van der Waals surface area (Å²) in [5, 5.41) is 23.6. The second-order valence-electron chi connectivity index (χ2n) is 14.1. The van der Waals surface area contributed by atoms with Crippen LogP contribution in [0, 0.1) is 0 Å². The van der Waals surface area contributed by atoms with E-state index in [0.29, 0.717) is 75.3 Å². The lowest BCUT2D eigenvalue weighted by Gasteiger charge is -2.37. The largest absolute Gasteiger partial charge is 0.378 e. The van der Waals surface area contributed by atoms with Crippen molar-refractivity contribution >= 4 is 47.4 Å². The lowest BCUT2D eigenvalue weighted by molar-refractivity contribution is -0.133. The smallest absolute Gasteiger partial charge is 0.325 e. The van der Waals surface area contributed by atoms with Crippen LogP contribution >= 0.6 is 11.8 Å². The molecule has 0 unspecified atom stereocenters. The molecule has 3 aromatic rings. The fraction of sp³-hybridized carbons (Fsp3) is 0.486. The van der Waals surface area contributed by atoms with E-state index >= 15 is 0 Å². The quantitative estimate of drug-likeness (QED) is 0.0881. The van der Waals surface area contributed by atoms with Crippen LogP contribution in [0.15, 0.2) is 60.8 Å². The van der Waals surface area contributed by atoms with E-state index in [0.717, 1.165) is 36.1 Å². The van der Waals surface area contributed by atoms with Crippen LogP contribution in [0.2, 0.25) is 0 Å². The van der Waals surface area contributed by atoms with Crippen molar-refractivity contribution in [2.75, 3.05) is 43.9 Å². The average Bonchev–Trinajstić information content (AvgIpc) is 3.94. The normalized spacial score (nSPS) is 21.5. The van der Waals surface area contributed by atoms with Crippen molar-refractivity contribution in [3.8, 4) is 11.3 Å². The van der Waals surface area contributed by atoms with Crippen LogP contribution in [0.3, 0.4) is 0 Å². The highest BCUT2D eigenvalue weighted by Gasteiger charge is 2.52. The predicted octanol–water partition coefficient (Wildman–Crippen LogP) is 2.92. The Bertz CT molecular complexity index is 1820. The summed E-state index contributed by atoms with van der Waals surface area (Å²) >= 11 is 1.89. The van der Waals surface area contributed by atoms with Crippen LogP contribution in [-0.4, -0.2) is 116 Å². The first-order chi connectivity index (χ1) is 26.3. The van der Waals surface area contributed by atoms with E-state index in [-0.39, 0.29) is 42.5 Å². The van der Waals surface area contributed by atoms with Crippen LogP contribution < -0.4 is 26.6 Å². The molecular weight excluding hydrogens is 713 g/mol. The number of imide groups is 1. The van der Waals surface area contributed by atoms with Gasteiger partial charge in [-0.05, 0) is 43.4 Å². The van der Waals surface area contributed by atoms with Gasteiger partial charge in [0.15, 0.2) is 0 Å². The van der Waals surface area contributed by atoms with Gasteiger partial charge in [-0.2, -0.15) is 11.8 Å². The number of rotatable bonds is 15. The molecule has 3 atom stereocenters. The molecule has 54 heavy (non-hydrogen) atoms. The topological polar surface area (TPSA) is 192 Å². The Kier molecular flexibility index (Phi) is 11.6. The molecule has 8 amide bonds. The number of piperidine rings is 1. The molecule has 2 aromatic carbocycles. The van der Waals surface area contributed by atoms with E-state index < -0.39 is 11.6 Å². The second-order valence-corrected chi connectivity index (χ2v) is 15.4. The van der Waals surface area contributed by atoms with Gasteiger partial charge in [-0.3, -0.25) is 14.5 Å². The third kappa shape index (κ3) is 8.79. The van der Waals surface area contributed by atoms with Gasteiger partial charge < -0.3 is 36.2 Å². The standard InChI is InChI=1S/C37H46N10O6S/c48-31(9-5-4-8-30-32-29(24-54-30)40-34(50)41-32)38-16-20-53-21-19-46-23-28(43-44-46)26-10-12-27(13-11-26)39-35(51)45-17-14-37(15-18-45)33(49)47(36(52)42-37)22-25-6-2-1-3-7-25/h1-3,6-7,10-13,23,29-30,32H,4-5,8-9,14-22,24H2,(H,38,48)(H,39,51)(H,42,52)(H2,40,41,50)/t29-,30-,32-/m0/s1. The zero-order chi connectivity index (χ0) is 37.5. The molecule has 5 heterocycles. The van der Waals surface area contributed by atoms with Crippen LogP contribution in [0.5, 0.6) is 0 Å². The van der Waals surface area contributed by atoms with Gasteiger partial charge in [0.05, 0.1) is 44.6 Å². The lowest BCUT2D eigenvalue weighted by atomic mass is 9.87. The van der Waals surface area contributed by atoms with Gasteiger partial charge in [0, 0.05) is 48.3 Å². The maximum atomic E-state index is 13.3. The van der Waals surface area contributed by atoms with E-state index in [1.807, 2.05) is 60.4 Å². The molecule has 4 fully saturated rings. The van der Waals surface area contributed by atoms with Gasteiger partial charge in [-0.1, -0.05) is 54.1 Å². The number of nitrogens with zero attached hydrogens (tertiary/aromatic N) is 5. The van der Waals surface area contributed by atoms with Crippen molar-refractivity contribution in [3.63, 3.8) is 0 Å². The van der Waals surface area contributed by atoms with Gasteiger partial charge in [-0.15, -0.1) is 5.10 Å². The Morgan fingerprint density at radius 3 is 2.57 bits per heavy atom. The molecule has 1 aromatic heterocycles. The number of hydrogen-bond acceptors (Lipinski definition) is 9. The molecule has 5 N–H and O–H groups in total. The molecule has 1 spiro atoms. The fourth-order valence-corrected chi connectivity index (χ4v) is 8.91. The van der Waals surface area contributed by atoms with Crippen molar-refractivity contribution in [1.29, 1.82) is 0 Å². The summed E-state index contributed by atoms with van der Waals surface area (Å²) in [7, 11) is 0. The van der Waals surface area contributed by atoms with E-state index in [1.165, 1.54) is 4.90 Å². The number of unbranched alkanes of at least 4 members (excludes halogenated alkanes) is 1. The Labute approximate surface area is 317 Å². The number of nitrogens with one attached hydrogen (secondary N) is 5. The number of carbonyl (C=O) groups is 5. The van der Waals surface area contributed by atoms with Gasteiger partial charge in [0.1, 0.15) is 11.2 Å². The van der Waals surface area contributed by atoms with Gasteiger partial charge >= 0.3 is 18.1 Å². The summed E-state index contributed by atoms with van der Waals surface area (Å²) in [6.07, 6.45) is 5.75. The number of fused-ring (bicyclic) bond motifs is 1. The Balaban J connectivity index is 0.760. The Morgan fingerprint density at radius 2 is 1.78 bits per heavy atom. The first kappa shape index (κ1) is 37.2. The van der Waals surface area contributed by atoms with Gasteiger partial charge in [0.25, 0.3) is 5.91 Å². The second kappa shape index (κ2) is 16.9. The zero-order valence-electron chi connectivity index (χ0n) is 30.0. The summed E-state index contributed by atoms with van der Waals surface area (Å²) in [5.74, 6) is 0.716. The number of anilines is 1. The first-order valence-corrected chi connectivity index (χ1v) is 19.6. The maximum absolute atomic E-state index is 13.3. The fourth-order valence-electron chi connectivity index (χ4n) is 7.37. The molecule has 0 saturated carbocycles. The predicted molar refractivity (Wildman–Crippen MR) is 201 cm³/mol. The number of carbonyl (C=O) groups excluding carboxylic acids is 5. The molecule has 17 heteroatoms.